The number of hydrogen-bond donors (Lipinski definition) is 0. The largest absolute Gasteiger partial charge is 0.117 e. The summed E-state index contributed by atoms with van der Waals surface area (Å²) in [5.74, 6) is 0. The van der Waals surface area contributed by atoms with Crippen molar-refractivity contribution in [2.75, 3.05) is 0 Å². The van der Waals surface area contributed by atoms with Crippen LogP contribution in [0.25, 0.3) is 0 Å². The Morgan fingerprint density at radius 1 is 0.375 bits per heavy atom. The number of benzene rings is 2. The van der Waals surface area contributed by atoms with Crippen molar-refractivity contribution in [2.24, 2.45) is 0 Å². The first-order valence-corrected chi connectivity index (χ1v) is 24.4. The zero-order chi connectivity index (χ0) is 37.3. The van der Waals surface area contributed by atoms with E-state index in [1.54, 1.807) is 0 Å². The molecule has 0 aromatic heterocycles. The fourth-order valence-corrected chi connectivity index (χ4v) is 11.2. The zero-order valence-electron chi connectivity index (χ0n) is 33.4. The fourth-order valence-electron chi connectivity index (χ4n) is 6.78. The molecule has 0 fully saturated rings. The molecule has 0 heterocycles. The third kappa shape index (κ3) is 12.0. The molecule has 0 spiro atoms. The van der Waals surface area contributed by atoms with Gasteiger partial charge in [0.25, 0.3) is 0 Å². The van der Waals surface area contributed by atoms with Crippen molar-refractivity contribution in [3.05, 3.63) is 57.6 Å². The summed E-state index contributed by atoms with van der Waals surface area (Å²) in [6, 6.07) is 9.56. The quantitative estimate of drug-likeness (QED) is 0.140. The van der Waals surface area contributed by atoms with Gasteiger partial charge in [-0.1, -0.05) is 219 Å². The molecule has 0 N–H and O–H groups in total. The molecule has 0 saturated heterocycles. The molecule has 2 aromatic carbocycles. The predicted molar refractivity (Wildman–Crippen MR) is 227 cm³/mol. The molecule has 0 atom stereocenters. The second-order valence-corrected chi connectivity index (χ2v) is 26.6. The highest BCUT2D eigenvalue weighted by atomic mass is 35.9. The lowest BCUT2D eigenvalue weighted by molar-refractivity contribution is 0.426. The third-order valence-corrected chi connectivity index (χ3v) is 13.9. The van der Waals surface area contributed by atoms with E-state index < -0.39 is 13.3 Å². The van der Waals surface area contributed by atoms with Gasteiger partial charge < -0.3 is 0 Å². The van der Waals surface area contributed by atoms with E-state index in [2.05, 4.69) is 135 Å². The molecule has 0 aliphatic heterocycles. The Balaban J connectivity index is 2.12. The van der Waals surface area contributed by atoms with Gasteiger partial charge in [-0.05, 0) is 78.7 Å². The second kappa shape index (κ2) is 16.6. The Bertz CT molecular complexity index is 1250. The van der Waals surface area contributed by atoms with Gasteiger partial charge >= 0.3 is 0 Å². The number of rotatable bonds is 13. The number of hydrogen-bond acceptors (Lipinski definition) is 0. The van der Waals surface area contributed by atoms with Gasteiger partial charge in [0.05, 0.1) is 0 Å². The monoisotopic (exact) mass is 774 g/mol. The van der Waals surface area contributed by atoms with Gasteiger partial charge in [-0.2, -0.15) is 0 Å². The third-order valence-electron chi connectivity index (χ3n) is 10.2. The molecule has 0 aliphatic rings. The van der Waals surface area contributed by atoms with Crippen LogP contribution in [0.3, 0.4) is 0 Å². The Hall–Kier alpha value is 0.460. The molecular weight excluding hydrogens is 708 g/mol. The van der Waals surface area contributed by atoms with Crippen LogP contribution in [0.5, 0.6) is 0 Å². The van der Waals surface area contributed by atoms with Crippen molar-refractivity contribution in [1.29, 1.82) is 0 Å². The summed E-state index contributed by atoms with van der Waals surface area (Å²) >= 11 is 27.2. The Labute approximate surface area is 319 Å². The van der Waals surface area contributed by atoms with E-state index in [0.717, 1.165) is 12.8 Å². The van der Waals surface area contributed by atoms with E-state index in [1.165, 1.54) is 82.5 Å². The molecule has 0 bridgehead atoms. The molecule has 6 heteroatoms. The molecule has 0 radical (unpaired) electrons. The van der Waals surface area contributed by atoms with E-state index in [9.17, 15) is 0 Å². The zero-order valence-corrected chi connectivity index (χ0v) is 38.2. The molecule has 0 amide bonds. The van der Waals surface area contributed by atoms with Crippen LogP contribution in [0.15, 0.2) is 24.3 Å². The van der Waals surface area contributed by atoms with E-state index in [4.69, 9.17) is 45.0 Å². The summed E-state index contributed by atoms with van der Waals surface area (Å²) in [6.45, 7) is 34.5. The average molecular weight is 777 g/mol. The summed E-state index contributed by atoms with van der Waals surface area (Å²) < 4.78 is 0. The highest BCUT2D eigenvalue weighted by Gasteiger charge is 2.35. The van der Waals surface area contributed by atoms with Crippen LogP contribution in [0.1, 0.15) is 196 Å². The van der Waals surface area contributed by atoms with Gasteiger partial charge in [0.15, 0.2) is 0 Å². The van der Waals surface area contributed by atoms with E-state index >= 15 is 0 Å². The first-order valence-electron chi connectivity index (χ1n) is 18.1. The van der Waals surface area contributed by atoms with E-state index in [-0.39, 0.29) is 32.5 Å². The first kappa shape index (κ1) is 44.6. The van der Waals surface area contributed by atoms with Crippen LogP contribution in [-0.2, 0) is 32.5 Å². The molecule has 0 nitrogen and oxygen atoms in total. The first-order chi connectivity index (χ1) is 21.5. The topological polar surface area (TPSA) is 0 Å². The van der Waals surface area contributed by atoms with Gasteiger partial charge in [0.2, 0.25) is 0 Å². The number of unbranched alkanes of at least 4 members (excludes halogenated alkanes) is 5. The van der Waals surface area contributed by atoms with Crippen LogP contribution < -0.4 is 10.6 Å². The smallest absolute Gasteiger partial charge is 0.0727 e. The molecule has 48 heavy (non-hydrogen) atoms. The van der Waals surface area contributed by atoms with Crippen LogP contribution in [0.4, 0.5) is 0 Å². The van der Waals surface area contributed by atoms with Gasteiger partial charge in [-0.3, -0.25) is 0 Å². The van der Waals surface area contributed by atoms with E-state index in [1.807, 2.05) is 0 Å². The van der Waals surface area contributed by atoms with Crippen LogP contribution in [-0.4, -0.2) is 0 Å². The molecule has 2 rings (SSSR count). The standard InChI is InChI=1S/C42H68Cl4P2/c1-37(2,3)29-25-31(39(7,8)9)35(47(43)44)33(27-29)41(13,14)23-21-19-17-18-20-22-24-42(15,16)34-28-30(38(4,5)6)26-32(40(10,11)12)36(34)48(45)46/h25-28H,17-24H2,1-16H3. The summed E-state index contributed by atoms with van der Waals surface area (Å²) in [5.41, 5.74) is 8.10. The maximum absolute atomic E-state index is 6.79. The van der Waals surface area contributed by atoms with Crippen molar-refractivity contribution in [1.82, 2.24) is 0 Å². The highest BCUT2D eigenvalue weighted by Crippen LogP contribution is 2.53. The van der Waals surface area contributed by atoms with Crippen molar-refractivity contribution < 1.29 is 0 Å². The van der Waals surface area contributed by atoms with Crippen molar-refractivity contribution in [2.45, 2.75) is 195 Å². The van der Waals surface area contributed by atoms with Gasteiger partial charge in [-0.25, -0.2) is 0 Å². The SMILES string of the molecule is CC(C)(C)c1cc(C(C)(C)C)c(P(Cl)Cl)c(C(C)(C)CCCCCCCCC(C)(C)c2cc(C(C)(C)C)cc(C(C)(C)C)c2P(Cl)Cl)c1. The van der Waals surface area contributed by atoms with Crippen molar-refractivity contribution >= 4 is 68.8 Å². The summed E-state index contributed by atoms with van der Waals surface area (Å²) in [6.07, 6.45) is 9.71. The highest BCUT2D eigenvalue weighted by molar-refractivity contribution is 8.09. The van der Waals surface area contributed by atoms with E-state index in [0.29, 0.717) is 0 Å². The average Bonchev–Trinajstić information content (AvgIpc) is 2.90. The second-order valence-electron chi connectivity index (χ2n) is 19.7. The van der Waals surface area contributed by atoms with Gasteiger partial charge in [-0.15, -0.1) is 0 Å². The molecule has 2 aromatic rings. The molecular formula is C42H68Cl4P2. The lowest BCUT2D eigenvalue weighted by Crippen LogP contribution is -2.32. The molecule has 274 valence electrons. The Kier molecular flexibility index (Phi) is 15.5. The summed E-state index contributed by atoms with van der Waals surface area (Å²) in [4.78, 5) is 0. The lowest BCUT2D eigenvalue weighted by Gasteiger charge is -2.35. The number of halogens is 4. The molecule has 0 unspecified atom stereocenters. The summed E-state index contributed by atoms with van der Waals surface area (Å²) in [7, 11) is 0. The lowest BCUT2D eigenvalue weighted by atomic mass is 9.73. The maximum Gasteiger partial charge on any atom is 0.117 e. The maximum atomic E-state index is 6.79. The minimum Gasteiger partial charge on any atom is -0.0727 e. The predicted octanol–water partition coefficient (Wildman–Crippen LogP) is 16.1. The van der Waals surface area contributed by atoms with Crippen LogP contribution in [0, 0.1) is 0 Å². The van der Waals surface area contributed by atoms with Crippen molar-refractivity contribution in [3.8, 4) is 0 Å². The minimum absolute atomic E-state index is 0.000431. The molecule has 0 saturated carbocycles. The molecule has 0 aliphatic carbocycles. The van der Waals surface area contributed by atoms with Gasteiger partial charge in [0.1, 0.15) is 13.3 Å². The van der Waals surface area contributed by atoms with Crippen molar-refractivity contribution in [3.63, 3.8) is 0 Å². The van der Waals surface area contributed by atoms with Crippen LogP contribution >= 0.6 is 58.2 Å². The normalized spacial score (nSPS) is 14.0. The Morgan fingerprint density at radius 3 is 0.854 bits per heavy atom. The van der Waals surface area contributed by atoms with Gasteiger partial charge in [0, 0.05) is 10.6 Å². The Morgan fingerprint density at radius 2 is 0.625 bits per heavy atom. The van der Waals surface area contributed by atoms with Crippen LogP contribution in [0.2, 0.25) is 0 Å². The minimum atomic E-state index is -1.26. The fraction of sp³-hybridized carbons (Fsp3) is 0.714. The summed E-state index contributed by atoms with van der Waals surface area (Å²) in [5, 5.41) is 2.37.